The zero-order valence-electron chi connectivity index (χ0n) is 9.51. The van der Waals surface area contributed by atoms with Crippen molar-refractivity contribution >= 4 is 22.4 Å². The monoisotopic (exact) mass is 268 g/mol. The van der Waals surface area contributed by atoms with E-state index in [1.54, 1.807) is 18.2 Å². The van der Waals surface area contributed by atoms with Crippen LogP contribution in [0.4, 0.5) is 0 Å². The highest BCUT2D eigenvalue weighted by molar-refractivity contribution is 6.17. The number of aliphatic hydroxyl groups excluding tert-OH is 2. The highest BCUT2D eigenvalue weighted by Gasteiger charge is 2.18. The van der Waals surface area contributed by atoms with Crippen LogP contribution < -0.4 is 5.56 Å². The number of aliphatic hydroxyl groups is 2. The molecule has 2 aromatic rings. The summed E-state index contributed by atoms with van der Waals surface area (Å²) in [6.07, 6.45) is -0.141. The lowest BCUT2D eigenvalue weighted by Crippen LogP contribution is -2.19. The average Bonchev–Trinajstić information content (AvgIpc) is 2.38. The quantitative estimate of drug-likeness (QED) is 0.721. The number of hydrogen-bond donors (Lipinski definition) is 3. The normalized spacial score (nSPS) is 14.6. The van der Waals surface area contributed by atoms with Gasteiger partial charge in [-0.05, 0) is 24.1 Å². The van der Waals surface area contributed by atoms with Gasteiger partial charge in [-0.2, -0.15) is 5.10 Å². The van der Waals surface area contributed by atoms with Crippen molar-refractivity contribution in [3.05, 3.63) is 40.3 Å². The van der Waals surface area contributed by atoms with Crippen LogP contribution in [0.25, 0.3) is 10.8 Å². The summed E-state index contributed by atoms with van der Waals surface area (Å²) >= 11 is 5.52. The van der Waals surface area contributed by atoms with Crippen molar-refractivity contribution in [3.8, 4) is 0 Å². The van der Waals surface area contributed by atoms with Crippen LogP contribution in [0.3, 0.4) is 0 Å². The number of aromatic amines is 1. The molecule has 0 radical (unpaired) electrons. The molecule has 6 heteroatoms. The number of benzene rings is 1. The molecule has 1 aromatic heterocycles. The number of fused-ring (bicyclic) bond motifs is 1. The summed E-state index contributed by atoms with van der Waals surface area (Å²) in [5.74, 6) is 0.271. The summed E-state index contributed by atoms with van der Waals surface area (Å²) < 4.78 is 0. The van der Waals surface area contributed by atoms with E-state index in [1.165, 1.54) is 6.20 Å². The molecule has 96 valence electrons. The fraction of sp³-hybridized carbons (Fsp3) is 0.333. The number of hydrogen-bond acceptors (Lipinski definition) is 4. The number of aromatic nitrogens is 2. The molecule has 1 aromatic carbocycles. The zero-order valence-corrected chi connectivity index (χ0v) is 10.3. The molecular formula is C12H13ClN2O3. The molecule has 2 atom stereocenters. The molecule has 0 bridgehead atoms. The first kappa shape index (κ1) is 13.0. The van der Waals surface area contributed by atoms with Crippen molar-refractivity contribution in [1.82, 2.24) is 10.2 Å². The Morgan fingerprint density at radius 1 is 1.39 bits per heavy atom. The number of nitrogens with one attached hydrogen (secondary N) is 1. The van der Waals surface area contributed by atoms with Crippen LogP contribution in [0.1, 0.15) is 18.1 Å². The highest BCUT2D eigenvalue weighted by atomic mass is 35.5. The van der Waals surface area contributed by atoms with Gasteiger partial charge in [0.05, 0.1) is 17.7 Å². The summed E-state index contributed by atoms with van der Waals surface area (Å²) in [6.45, 7) is 0. The Hall–Kier alpha value is -1.43. The van der Waals surface area contributed by atoms with E-state index in [4.69, 9.17) is 11.6 Å². The predicted molar refractivity (Wildman–Crippen MR) is 68.7 cm³/mol. The Kier molecular flexibility index (Phi) is 3.96. The van der Waals surface area contributed by atoms with E-state index in [0.29, 0.717) is 22.8 Å². The Morgan fingerprint density at radius 2 is 2.17 bits per heavy atom. The van der Waals surface area contributed by atoms with Crippen LogP contribution in [-0.2, 0) is 0 Å². The van der Waals surface area contributed by atoms with Crippen LogP contribution in [0.2, 0.25) is 0 Å². The van der Waals surface area contributed by atoms with Gasteiger partial charge in [0.15, 0.2) is 0 Å². The van der Waals surface area contributed by atoms with Gasteiger partial charge in [0, 0.05) is 11.3 Å². The average molecular weight is 269 g/mol. The SMILES string of the molecule is O=c1[nH]ncc2cc(C(O)C(O)CCCl)ccc12. The van der Waals surface area contributed by atoms with E-state index in [2.05, 4.69) is 10.2 Å². The van der Waals surface area contributed by atoms with E-state index >= 15 is 0 Å². The molecule has 2 rings (SSSR count). The first-order valence-corrected chi connectivity index (χ1v) is 6.06. The maximum atomic E-state index is 11.4. The molecule has 0 saturated heterocycles. The van der Waals surface area contributed by atoms with E-state index in [9.17, 15) is 15.0 Å². The van der Waals surface area contributed by atoms with E-state index in [-0.39, 0.29) is 11.4 Å². The number of rotatable bonds is 4. The van der Waals surface area contributed by atoms with Crippen molar-refractivity contribution in [3.63, 3.8) is 0 Å². The summed E-state index contributed by atoms with van der Waals surface area (Å²) in [6, 6.07) is 4.85. The third kappa shape index (κ3) is 2.53. The highest BCUT2D eigenvalue weighted by Crippen LogP contribution is 2.22. The first-order chi connectivity index (χ1) is 8.63. The number of H-pyrrole nitrogens is 1. The lowest BCUT2D eigenvalue weighted by atomic mass is 10.0. The van der Waals surface area contributed by atoms with Gasteiger partial charge in [-0.25, -0.2) is 5.10 Å². The van der Waals surface area contributed by atoms with Gasteiger partial charge < -0.3 is 10.2 Å². The molecular weight excluding hydrogens is 256 g/mol. The van der Waals surface area contributed by atoms with E-state index in [0.717, 1.165) is 0 Å². The van der Waals surface area contributed by atoms with Gasteiger partial charge in [0.2, 0.25) is 0 Å². The third-order valence-electron chi connectivity index (χ3n) is 2.80. The van der Waals surface area contributed by atoms with Gasteiger partial charge >= 0.3 is 0 Å². The molecule has 2 unspecified atom stereocenters. The second-order valence-electron chi connectivity index (χ2n) is 4.04. The van der Waals surface area contributed by atoms with Crippen molar-refractivity contribution in [1.29, 1.82) is 0 Å². The molecule has 5 nitrogen and oxygen atoms in total. The second kappa shape index (κ2) is 5.48. The molecule has 18 heavy (non-hydrogen) atoms. The van der Waals surface area contributed by atoms with Crippen molar-refractivity contribution in [2.45, 2.75) is 18.6 Å². The summed E-state index contributed by atoms with van der Waals surface area (Å²) in [5, 5.41) is 26.7. The topological polar surface area (TPSA) is 86.2 Å². The first-order valence-electron chi connectivity index (χ1n) is 5.53. The Morgan fingerprint density at radius 3 is 2.89 bits per heavy atom. The molecule has 0 fully saturated rings. The molecule has 0 amide bonds. The predicted octanol–water partition coefficient (Wildman–Crippen LogP) is 0.946. The van der Waals surface area contributed by atoms with Crippen LogP contribution in [0.15, 0.2) is 29.2 Å². The zero-order chi connectivity index (χ0) is 13.1. The Balaban J connectivity index is 2.38. The maximum Gasteiger partial charge on any atom is 0.272 e. The summed E-state index contributed by atoms with van der Waals surface area (Å²) in [5.41, 5.74) is 0.252. The smallest absolute Gasteiger partial charge is 0.272 e. The van der Waals surface area contributed by atoms with Crippen LogP contribution in [-0.4, -0.2) is 32.4 Å². The van der Waals surface area contributed by atoms with E-state index < -0.39 is 12.2 Å². The van der Waals surface area contributed by atoms with Gasteiger partial charge in [-0.15, -0.1) is 11.6 Å². The van der Waals surface area contributed by atoms with E-state index in [1.807, 2.05) is 0 Å². The van der Waals surface area contributed by atoms with Crippen LogP contribution in [0, 0.1) is 0 Å². The van der Waals surface area contributed by atoms with Crippen LogP contribution >= 0.6 is 11.6 Å². The van der Waals surface area contributed by atoms with Crippen molar-refractivity contribution in [2.75, 3.05) is 5.88 Å². The van der Waals surface area contributed by atoms with Crippen molar-refractivity contribution in [2.24, 2.45) is 0 Å². The fourth-order valence-corrected chi connectivity index (χ4v) is 2.01. The van der Waals surface area contributed by atoms with Crippen molar-refractivity contribution < 1.29 is 10.2 Å². The lowest BCUT2D eigenvalue weighted by Gasteiger charge is -2.17. The van der Waals surface area contributed by atoms with Crippen LogP contribution in [0.5, 0.6) is 0 Å². The van der Waals surface area contributed by atoms with Gasteiger partial charge in [0.1, 0.15) is 6.10 Å². The minimum atomic E-state index is -1.02. The molecule has 1 heterocycles. The minimum Gasteiger partial charge on any atom is -0.390 e. The largest absolute Gasteiger partial charge is 0.390 e. The molecule has 0 spiro atoms. The summed E-state index contributed by atoms with van der Waals surface area (Å²) in [7, 11) is 0. The standard InChI is InChI=1S/C12H13ClN2O3/c13-4-3-10(16)11(17)7-1-2-9-8(5-7)6-14-15-12(9)18/h1-2,5-6,10-11,16-17H,3-4H2,(H,15,18). The number of halogens is 1. The molecule has 3 N–H and O–H groups in total. The molecule has 0 saturated carbocycles. The summed E-state index contributed by atoms with van der Waals surface area (Å²) in [4.78, 5) is 11.4. The fourth-order valence-electron chi connectivity index (χ4n) is 1.79. The second-order valence-corrected chi connectivity index (χ2v) is 4.41. The number of alkyl halides is 1. The number of nitrogens with zero attached hydrogens (tertiary/aromatic N) is 1. The molecule has 0 aliphatic rings. The molecule has 0 aliphatic carbocycles. The van der Waals surface area contributed by atoms with Gasteiger partial charge in [-0.3, -0.25) is 4.79 Å². The minimum absolute atomic E-state index is 0.271. The Labute approximate surface area is 108 Å². The Bertz CT molecular complexity index is 599. The maximum absolute atomic E-state index is 11.4. The third-order valence-corrected chi connectivity index (χ3v) is 3.02. The van der Waals surface area contributed by atoms with Gasteiger partial charge in [-0.1, -0.05) is 6.07 Å². The van der Waals surface area contributed by atoms with Gasteiger partial charge in [0.25, 0.3) is 5.56 Å². The lowest BCUT2D eigenvalue weighted by molar-refractivity contribution is 0.0171. The molecule has 0 aliphatic heterocycles.